The molecule has 1 aliphatic heterocycles. The lowest BCUT2D eigenvalue weighted by Crippen LogP contribution is -2.30. The molecule has 2 aromatic carbocycles. The van der Waals surface area contributed by atoms with Crippen LogP contribution in [0.5, 0.6) is 0 Å². The number of likely N-dealkylation sites (tertiary alicyclic amines) is 1. The molecule has 1 saturated heterocycles. The Morgan fingerprint density at radius 3 is 2.30 bits per heavy atom. The van der Waals surface area contributed by atoms with Gasteiger partial charge in [0.25, 0.3) is 0 Å². The fourth-order valence-electron chi connectivity index (χ4n) is 4.61. The third-order valence-electron chi connectivity index (χ3n) is 6.11. The van der Waals surface area contributed by atoms with Gasteiger partial charge in [0.2, 0.25) is 11.8 Å². The van der Waals surface area contributed by atoms with E-state index in [0.717, 1.165) is 42.6 Å². The summed E-state index contributed by atoms with van der Waals surface area (Å²) in [5, 5.41) is 3.29. The Kier molecular flexibility index (Phi) is 6.30. The van der Waals surface area contributed by atoms with Crippen LogP contribution in [-0.2, 0) is 26.0 Å². The largest absolute Gasteiger partial charge is 0.341 e. The van der Waals surface area contributed by atoms with Crippen molar-refractivity contribution in [2.45, 2.75) is 45.1 Å². The molecule has 0 aliphatic carbocycles. The Hall–Kier alpha value is -3.13. The smallest absolute Gasteiger partial charge is 0.242 e. The molecule has 0 spiro atoms. The van der Waals surface area contributed by atoms with Crippen LogP contribution in [0.2, 0.25) is 0 Å². The zero-order valence-corrected chi connectivity index (χ0v) is 20.0. The molecule has 0 unspecified atom stereocenters. The van der Waals surface area contributed by atoms with Gasteiger partial charge in [-0.25, -0.2) is 8.42 Å². The minimum absolute atomic E-state index is 0.0275. The number of nitrogens with zero attached hydrogens (tertiary/aromatic N) is 2. The molecule has 8 heteroatoms. The summed E-state index contributed by atoms with van der Waals surface area (Å²) in [6.45, 7) is 7.29. The van der Waals surface area contributed by atoms with Crippen LogP contribution in [0.3, 0.4) is 0 Å². The number of sulfone groups is 1. The van der Waals surface area contributed by atoms with Crippen LogP contribution in [0.15, 0.2) is 47.5 Å². The number of hydrogen-bond acceptors (Lipinski definition) is 4. The predicted molar refractivity (Wildman–Crippen MR) is 129 cm³/mol. The molecule has 174 valence electrons. The van der Waals surface area contributed by atoms with Crippen molar-refractivity contribution in [2.75, 3.05) is 24.2 Å². The lowest BCUT2D eigenvalue weighted by Gasteiger charge is -2.16. The van der Waals surface area contributed by atoms with Crippen molar-refractivity contribution in [3.8, 4) is 0 Å². The van der Waals surface area contributed by atoms with Gasteiger partial charge in [0.05, 0.1) is 4.90 Å². The molecule has 2 heterocycles. The Balaban J connectivity index is 1.60. The lowest BCUT2D eigenvalue weighted by atomic mass is 10.1. The van der Waals surface area contributed by atoms with Gasteiger partial charge in [0.15, 0.2) is 9.84 Å². The molecule has 2 amide bonds. The minimum atomic E-state index is -3.93. The van der Waals surface area contributed by atoms with E-state index in [1.807, 2.05) is 43.9 Å². The molecule has 3 aromatic rings. The van der Waals surface area contributed by atoms with Crippen molar-refractivity contribution in [1.82, 2.24) is 9.47 Å². The van der Waals surface area contributed by atoms with E-state index < -0.39 is 21.5 Å². The van der Waals surface area contributed by atoms with Gasteiger partial charge < -0.3 is 14.8 Å². The molecule has 1 aliphatic rings. The van der Waals surface area contributed by atoms with Gasteiger partial charge in [-0.15, -0.1) is 0 Å². The summed E-state index contributed by atoms with van der Waals surface area (Å²) in [6, 6.07) is 11.0. The van der Waals surface area contributed by atoms with Crippen LogP contribution in [0.4, 0.5) is 5.69 Å². The van der Waals surface area contributed by atoms with Gasteiger partial charge >= 0.3 is 0 Å². The maximum Gasteiger partial charge on any atom is 0.242 e. The van der Waals surface area contributed by atoms with Gasteiger partial charge in [-0.1, -0.05) is 35.9 Å². The number of carbonyl (C=O) groups is 2. The van der Waals surface area contributed by atoms with Gasteiger partial charge in [-0.05, 0) is 50.8 Å². The van der Waals surface area contributed by atoms with E-state index in [2.05, 4.69) is 5.32 Å². The van der Waals surface area contributed by atoms with Crippen molar-refractivity contribution >= 4 is 38.2 Å². The van der Waals surface area contributed by atoms with Gasteiger partial charge in [0, 0.05) is 35.9 Å². The number of carbonyl (C=O) groups excluding carboxylic acids is 2. The van der Waals surface area contributed by atoms with Crippen LogP contribution in [0.1, 0.15) is 29.5 Å². The highest BCUT2D eigenvalue weighted by atomic mass is 32.2. The number of nitrogens with one attached hydrogen (secondary N) is 1. The number of benzene rings is 2. The Morgan fingerprint density at radius 1 is 1.00 bits per heavy atom. The summed E-state index contributed by atoms with van der Waals surface area (Å²) >= 11 is 0. The normalized spacial score (nSPS) is 14.1. The summed E-state index contributed by atoms with van der Waals surface area (Å²) in [5.74, 6) is -1.29. The topological polar surface area (TPSA) is 88.5 Å². The van der Waals surface area contributed by atoms with Crippen LogP contribution in [0.25, 0.3) is 10.9 Å². The first kappa shape index (κ1) is 23.0. The molecule has 7 nitrogen and oxygen atoms in total. The minimum Gasteiger partial charge on any atom is -0.341 e. The molecule has 0 radical (unpaired) electrons. The lowest BCUT2D eigenvalue weighted by molar-refractivity contribution is -0.130. The molecule has 1 fully saturated rings. The first-order valence-electron chi connectivity index (χ1n) is 11.1. The molecule has 33 heavy (non-hydrogen) atoms. The van der Waals surface area contributed by atoms with E-state index in [9.17, 15) is 18.0 Å². The van der Waals surface area contributed by atoms with Crippen LogP contribution in [-0.4, -0.2) is 48.5 Å². The van der Waals surface area contributed by atoms with Crippen molar-refractivity contribution in [1.29, 1.82) is 0 Å². The molecular formula is C25H29N3O4S. The number of anilines is 1. The van der Waals surface area contributed by atoms with Crippen molar-refractivity contribution in [3.05, 3.63) is 59.3 Å². The fraction of sp³-hybridized carbons (Fsp3) is 0.360. The number of fused-ring (bicyclic) bond motifs is 1. The number of aromatic nitrogens is 1. The first-order chi connectivity index (χ1) is 15.7. The van der Waals surface area contributed by atoms with Crippen molar-refractivity contribution in [3.63, 3.8) is 0 Å². The number of hydrogen-bond donors (Lipinski definition) is 1. The van der Waals surface area contributed by atoms with E-state index in [4.69, 9.17) is 0 Å². The number of amides is 2. The van der Waals surface area contributed by atoms with Gasteiger partial charge in [-0.3, -0.25) is 9.59 Å². The molecule has 0 atom stereocenters. The highest BCUT2D eigenvalue weighted by Gasteiger charge is 2.26. The highest BCUT2D eigenvalue weighted by Crippen LogP contribution is 2.27. The maximum absolute atomic E-state index is 13.3. The first-order valence-corrected chi connectivity index (χ1v) is 12.8. The average molecular weight is 468 g/mol. The van der Waals surface area contributed by atoms with E-state index in [-0.39, 0.29) is 17.3 Å². The molecule has 4 rings (SSSR count). The van der Waals surface area contributed by atoms with Crippen LogP contribution < -0.4 is 5.32 Å². The third-order valence-corrected chi connectivity index (χ3v) is 7.75. The van der Waals surface area contributed by atoms with E-state index in [0.29, 0.717) is 16.6 Å². The Labute approximate surface area is 194 Å². The summed E-state index contributed by atoms with van der Waals surface area (Å²) in [5.41, 5.74) is 4.14. The van der Waals surface area contributed by atoms with Crippen molar-refractivity contribution in [2.24, 2.45) is 0 Å². The van der Waals surface area contributed by atoms with Crippen molar-refractivity contribution < 1.29 is 18.0 Å². The second-order valence-electron chi connectivity index (χ2n) is 8.81. The maximum atomic E-state index is 13.3. The van der Waals surface area contributed by atoms with E-state index in [1.54, 1.807) is 22.8 Å². The Bertz CT molecular complexity index is 1310. The SMILES string of the molecule is Cc1cc(C)c(NC(=O)CS(=O)(=O)c2cn(CC(=O)N3CCCC3)c3ccccc23)c(C)c1. The monoisotopic (exact) mass is 467 g/mol. The Morgan fingerprint density at radius 2 is 1.64 bits per heavy atom. The van der Waals surface area contributed by atoms with E-state index in [1.165, 1.54) is 6.20 Å². The number of para-hydroxylation sites is 1. The summed E-state index contributed by atoms with van der Waals surface area (Å²) in [4.78, 5) is 27.3. The molecule has 0 bridgehead atoms. The quantitative estimate of drug-likeness (QED) is 0.600. The highest BCUT2D eigenvalue weighted by molar-refractivity contribution is 7.92. The average Bonchev–Trinajstić information content (AvgIpc) is 3.39. The number of aryl methyl sites for hydroxylation is 3. The van der Waals surface area contributed by atoms with Crippen LogP contribution in [0, 0.1) is 20.8 Å². The third kappa shape index (κ3) is 4.80. The van der Waals surface area contributed by atoms with Gasteiger partial charge in [-0.2, -0.15) is 0 Å². The molecule has 1 aromatic heterocycles. The molecule has 0 saturated carbocycles. The number of rotatable bonds is 6. The zero-order chi connectivity index (χ0) is 23.8. The summed E-state index contributed by atoms with van der Waals surface area (Å²) in [6.07, 6.45) is 3.48. The summed E-state index contributed by atoms with van der Waals surface area (Å²) < 4.78 is 28.2. The molecule has 1 N–H and O–H groups in total. The van der Waals surface area contributed by atoms with E-state index >= 15 is 0 Å². The van der Waals surface area contributed by atoms with Gasteiger partial charge in [0.1, 0.15) is 12.3 Å². The predicted octanol–water partition coefficient (Wildman–Crippen LogP) is 3.60. The van der Waals surface area contributed by atoms with Crippen LogP contribution >= 0.6 is 0 Å². The molecular weight excluding hydrogens is 438 g/mol. The zero-order valence-electron chi connectivity index (χ0n) is 19.2. The second kappa shape index (κ2) is 9.02. The standard InChI is InChI=1S/C25H29N3O4S/c1-17-12-18(2)25(19(3)13-17)26-23(29)16-33(31,32)22-14-28(21-9-5-4-8-20(21)22)15-24(30)27-10-6-7-11-27/h4-5,8-9,12-14H,6-7,10-11,15-16H2,1-3H3,(H,26,29). The second-order valence-corrected chi connectivity index (χ2v) is 10.8. The fourth-order valence-corrected chi connectivity index (χ4v) is 5.98. The summed E-state index contributed by atoms with van der Waals surface area (Å²) in [7, 11) is -3.93.